The van der Waals surface area contributed by atoms with Crippen LogP contribution in [-0.4, -0.2) is 36.5 Å². The molecule has 5 nitrogen and oxygen atoms in total. The number of nitrogens with zero attached hydrogens (tertiary/aromatic N) is 2. The average molecular weight is 184 g/mol. The Balaban J connectivity index is 2.73. The van der Waals surface area contributed by atoms with Gasteiger partial charge >= 0.3 is 6.03 Å². The van der Waals surface area contributed by atoms with Gasteiger partial charge in [0.2, 0.25) is 5.90 Å². The Bertz CT molecular complexity index is 269. The van der Waals surface area contributed by atoms with E-state index in [1.807, 2.05) is 13.8 Å². The van der Waals surface area contributed by atoms with E-state index in [1.54, 1.807) is 0 Å². The van der Waals surface area contributed by atoms with E-state index in [9.17, 15) is 4.79 Å². The number of hydrogen-bond donors (Lipinski definition) is 1. The first-order valence-electron chi connectivity index (χ1n) is 3.98. The van der Waals surface area contributed by atoms with Crippen LogP contribution in [0.25, 0.3) is 0 Å². The van der Waals surface area contributed by atoms with E-state index in [0.717, 1.165) is 0 Å². The van der Waals surface area contributed by atoms with Gasteiger partial charge in [-0.15, -0.1) is 0 Å². The molecule has 0 aromatic carbocycles. The highest BCUT2D eigenvalue weighted by molar-refractivity contribution is 6.09. The average Bonchev–Trinajstić information content (AvgIpc) is 2.07. The SMILES string of the molecule is CC1(C)C=NC(=O)N=C1OCCO. The molecular formula is C8H12N2O3. The summed E-state index contributed by atoms with van der Waals surface area (Å²) < 4.78 is 5.11. The number of hydrogen-bond acceptors (Lipinski definition) is 3. The summed E-state index contributed by atoms with van der Waals surface area (Å²) in [5.74, 6) is 0.307. The predicted octanol–water partition coefficient (Wildman–Crippen LogP) is 0.624. The van der Waals surface area contributed by atoms with Gasteiger partial charge in [-0.2, -0.15) is 4.99 Å². The summed E-state index contributed by atoms with van der Waals surface area (Å²) in [6.07, 6.45) is 1.50. The van der Waals surface area contributed by atoms with Gasteiger partial charge in [-0.05, 0) is 13.8 Å². The number of aliphatic hydroxyl groups is 1. The molecule has 1 rings (SSSR count). The normalized spacial score (nSPS) is 19.9. The summed E-state index contributed by atoms with van der Waals surface area (Å²) >= 11 is 0. The second-order valence-electron chi connectivity index (χ2n) is 3.25. The molecule has 1 N–H and O–H groups in total. The molecule has 72 valence electrons. The Kier molecular flexibility index (Phi) is 2.77. The summed E-state index contributed by atoms with van der Waals surface area (Å²) in [7, 11) is 0. The van der Waals surface area contributed by atoms with Crippen molar-refractivity contribution in [2.45, 2.75) is 13.8 Å². The minimum absolute atomic E-state index is 0.0968. The van der Waals surface area contributed by atoms with Gasteiger partial charge in [0.05, 0.1) is 12.0 Å². The smallest absolute Gasteiger partial charge is 0.369 e. The van der Waals surface area contributed by atoms with Gasteiger partial charge in [0.1, 0.15) is 6.61 Å². The first-order valence-corrected chi connectivity index (χ1v) is 3.98. The molecule has 0 aliphatic carbocycles. The maximum absolute atomic E-state index is 10.8. The Hall–Kier alpha value is -1.23. The van der Waals surface area contributed by atoms with Crippen molar-refractivity contribution < 1.29 is 14.6 Å². The summed E-state index contributed by atoms with van der Waals surface area (Å²) in [6.45, 7) is 3.71. The lowest BCUT2D eigenvalue weighted by atomic mass is 9.94. The predicted molar refractivity (Wildman–Crippen MR) is 48.1 cm³/mol. The van der Waals surface area contributed by atoms with E-state index in [4.69, 9.17) is 9.84 Å². The third-order valence-electron chi connectivity index (χ3n) is 1.58. The monoisotopic (exact) mass is 184 g/mol. The second kappa shape index (κ2) is 3.66. The van der Waals surface area contributed by atoms with Crippen LogP contribution in [0.1, 0.15) is 13.8 Å². The van der Waals surface area contributed by atoms with E-state index >= 15 is 0 Å². The minimum atomic E-state index is -0.563. The number of rotatable bonds is 2. The third kappa shape index (κ3) is 2.35. The fourth-order valence-corrected chi connectivity index (χ4v) is 0.892. The summed E-state index contributed by atoms with van der Waals surface area (Å²) in [6, 6.07) is -0.563. The van der Waals surface area contributed by atoms with Crippen LogP contribution in [0.2, 0.25) is 0 Å². The van der Waals surface area contributed by atoms with E-state index in [2.05, 4.69) is 9.98 Å². The van der Waals surface area contributed by atoms with E-state index < -0.39 is 11.4 Å². The fourth-order valence-electron chi connectivity index (χ4n) is 0.892. The van der Waals surface area contributed by atoms with Crippen LogP contribution < -0.4 is 0 Å². The Morgan fingerprint density at radius 3 is 2.92 bits per heavy atom. The van der Waals surface area contributed by atoms with Crippen molar-refractivity contribution in [2.75, 3.05) is 13.2 Å². The summed E-state index contributed by atoms with van der Waals surface area (Å²) in [5.41, 5.74) is -0.469. The Labute approximate surface area is 76.1 Å². The maximum atomic E-state index is 10.8. The van der Waals surface area contributed by atoms with Crippen molar-refractivity contribution >= 4 is 18.1 Å². The molecule has 0 aromatic rings. The van der Waals surface area contributed by atoms with Crippen molar-refractivity contribution in [3.63, 3.8) is 0 Å². The Morgan fingerprint density at radius 2 is 2.31 bits per heavy atom. The number of carbonyl (C=O) groups excluding carboxylic acids is 1. The zero-order valence-corrected chi connectivity index (χ0v) is 7.65. The molecule has 5 heteroatoms. The zero-order chi connectivity index (χ0) is 9.90. The van der Waals surface area contributed by atoms with Crippen LogP contribution in [0.15, 0.2) is 9.98 Å². The molecule has 1 aliphatic heterocycles. The van der Waals surface area contributed by atoms with E-state index in [1.165, 1.54) is 6.21 Å². The lowest BCUT2D eigenvalue weighted by Crippen LogP contribution is -2.32. The molecule has 0 unspecified atom stereocenters. The van der Waals surface area contributed by atoms with Gasteiger partial charge < -0.3 is 9.84 Å². The molecule has 0 radical (unpaired) electrons. The number of aliphatic hydroxyl groups excluding tert-OH is 1. The van der Waals surface area contributed by atoms with Crippen LogP contribution in [0.4, 0.5) is 4.79 Å². The number of urea groups is 1. The van der Waals surface area contributed by atoms with Crippen molar-refractivity contribution in [1.82, 2.24) is 0 Å². The molecule has 0 atom stereocenters. The number of ether oxygens (including phenoxy) is 1. The van der Waals surface area contributed by atoms with Crippen LogP contribution in [0, 0.1) is 5.41 Å². The number of carbonyl (C=O) groups is 1. The summed E-state index contributed by atoms with van der Waals surface area (Å²) in [4.78, 5) is 18.0. The highest BCUT2D eigenvalue weighted by Crippen LogP contribution is 2.19. The van der Waals surface area contributed by atoms with Crippen molar-refractivity contribution in [2.24, 2.45) is 15.4 Å². The molecule has 0 saturated carbocycles. The van der Waals surface area contributed by atoms with Gasteiger partial charge in [-0.1, -0.05) is 0 Å². The van der Waals surface area contributed by atoms with E-state index in [-0.39, 0.29) is 13.2 Å². The van der Waals surface area contributed by atoms with Gasteiger partial charge in [-0.3, -0.25) is 0 Å². The first kappa shape index (κ1) is 9.85. The molecule has 2 amide bonds. The maximum Gasteiger partial charge on any atom is 0.369 e. The summed E-state index contributed by atoms with van der Waals surface area (Å²) in [5, 5.41) is 8.53. The number of aliphatic imine (C=N–C) groups is 2. The molecular weight excluding hydrogens is 172 g/mol. The minimum Gasteiger partial charge on any atom is -0.478 e. The van der Waals surface area contributed by atoms with Crippen LogP contribution in [-0.2, 0) is 4.74 Å². The molecule has 0 bridgehead atoms. The quantitative estimate of drug-likeness (QED) is 0.684. The van der Waals surface area contributed by atoms with Gasteiger partial charge in [-0.25, -0.2) is 9.79 Å². The Morgan fingerprint density at radius 1 is 1.62 bits per heavy atom. The standard InChI is InChI=1S/C8H12N2O3/c1-8(2)5-9-7(12)10-6(8)13-4-3-11/h5,11H,3-4H2,1-2H3. The van der Waals surface area contributed by atoms with Crippen LogP contribution >= 0.6 is 0 Å². The third-order valence-corrected chi connectivity index (χ3v) is 1.58. The van der Waals surface area contributed by atoms with Gasteiger partial charge in [0, 0.05) is 6.21 Å². The second-order valence-corrected chi connectivity index (χ2v) is 3.25. The molecule has 0 spiro atoms. The molecule has 13 heavy (non-hydrogen) atoms. The lowest BCUT2D eigenvalue weighted by Gasteiger charge is -2.23. The number of amides is 2. The van der Waals surface area contributed by atoms with Gasteiger partial charge in [0.15, 0.2) is 0 Å². The topological polar surface area (TPSA) is 71.2 Å². The fraction of sp³-hybridized carbons (Fsp3) is 0.625. The van der Waals surface area contributed by atoms with Crippen molar-refractivity contribution in [3.05, 3.63) is 0 Å². The highest BCUT2D eigenvalue weighted by atomic mass is 16.5. The largest absolute Gasteiger partial charge is 0.478 e. The van der Waals surface area contributed by atoms with Gasteiger partial charge in [0.25, 0.3) is 0 Å². The first-order chi connectivity index (χ1) is 6.06. The van der Waals surface area contributed by atoms with Crippen LogP contribution in [0.5, 0.6) is 0 Å². The highest BCUT2D eigenvalue weighted by Gasteiger charge is 2.29. The van der Waals surface area contributed by atoms with E-state index in [0.29, 0.717) is 5.90 Å². The molecule has 1 heterocycles. The van der Waals surface area contributed by atoms with Crippen molar-refractivity contribution in [3.8, 4) is 0 Å². The lowest BCUT2D eigenvalue weighted by molar-refractivity contribution is 0.182. The molecule has 0 saturated heterocycles. The molecule has 1 aliphatic rings. The molecule has 0 aromatic heterocycles. The molecule has 0 fully saturated rings. The van der Waals surface area contributed by atoms with Crippen LogP contribution in [0.3, 0.4) is 0 Å². The zero-order valence-electron chi connectivity index (χ0n) is 7.65. The van der Waals surface area contributed by atoms with Crippen molar-refractivity contribution in [1.29, 1.82) is 0 Å².